The highest BCUT2D eigenvalue weighted by molar-refractivity contribution is 7.00. The average Bonchev–Trinajstić information content (AvgIpc) is 2.13. The number of aromatic nitrogens is 2. The molecule has 0 amide bonds. The SMILES string of the molecule is Cc1ccc(-c2c(-c3ccc(C)cc3)n3c4c(cc5ccccc5c24)B2c4c-3ccc3c4-n4c5c2cc(C(C)(C)c2ccccc2)cc5c2cc(C(C)(C)c5ccccc5)cc(c24)C32c3cc(C)ccc3-c3ccc(C)cc32)cc1. The first-order chi connectivity index (χ1) is 38.8. The second-order valence-electron chi connectivity index (χ2n) is 25.1. The summed E-state index contributed by atoms with van der Waals surface area (Å²) in [6, 6.07) is 83.2. The van der Waals surface area contributed by atoms with Gasteiger partial charge in [-0.15, -0.1) is 0 Å². The van der Waals surface area contributed by atoms with Gasteiger partial charge in [0.05, 0.1) is 22.1 Å². The molecular formula is C77H59BN2. The number of hydrogen-bond donors (Lipinski definition) is 0. The largest absolute Gasteiger partial charge is 0.310 e. The lowest BCUT2D eigenvalue weighted by atomic mass is 9.33. The van der Waals surface area contributed by atoms with E-state index in [0.717, 1.165) is 0 Å². The van der Waals surface area contributed by atoms with E-state index in [2.05, 4.69) is 277 Å². The van der Waals surface area contributed by atoms with Crippen molar-refractivity contribution in [1.82, 2.24) is 9.13 Å². The fraction of sp³-hybridized carbons (Fsp3) is 0.143. The van der Waals surface area contributed by atoms with Crippen molar-refractivity contribution in [3.63, 3.8) is 0 Å². The quantitative estimate of drug-likeness (QED) is 0.147. The van der Waals surface area contributed by atoms with E-state index < -0.39 is 5.41 Å². The average molecular weight is 1020 g/mol. The molecule has 4 aliphatic rings. The van der Waals surface area contributed by atoms with Crippen LogP contribution in [-0.2, 0) is 16.2 Å². The van der Waals surface area contributed by atoms with Crippen LogP contribution in [0.1, 0.15) is 94.5 Å². The summed E-state index contributed by atoms with van der Waals surface area (Å²) in [5.41, 5.74) is 32.9. The Labute approximate surface area is 468 Å². The third kappa shape index (κ3) is 5.70. The number of nitrogens with zero attached hydrogens (tertiary/aromatic N) is 2. The standard InChI is InChI=1S/C77H59BN2/c1-44-23-29-48(30-24-44)67-68-55-22-16-15-17-50(55)39-64-74(68)79(70(67)49-31-25-45(2)26-32-49)66-36-35-60-73-69(66)78(64)65-43-54(76(7,8)52-20-13-10-14-21-52)41-59-58-40-53(75(5,6)51-18-11-9-12-19-51)42-63(71(58)80(73)72(59)65)77(60)61-37-46(3)27-33-56(61)57-34-28-47(4)38-62(57)77/h9-43H,1-8H3. The van der Waals surface area contributed by atoms with Gasteiger partial charge in [0, 0.05) is 49.4 Å². The van der Waals surface area contributed by atoms with E-state index in [-0.39, 0.29) is 17.5 Å². The predicted molar refractivity (Wildman–Crippen MR) is 338 cm³/mol. The summed E-state index contributed by atoms with van der Waals surface area (Å²) in [6.45, 7) is 18.7. The molecule has 1 aliphatic carbocycles. The zero-order chi connectivity index (χ0) is 53.9. The van der Waals surface area contributed by atoms with Crippen molar-refractivity contribution < 1.29 is 0 Å². The molecule has 2 aromatic heterocycles. The Hall–Kier alpha value is -8.92. The van der Waals surface area contributed by atoms with Gasteiger partial charge >= 0.3 is 0 Å². The van der Waals surface area contributed by atoms with Gasteiger partial charge in [0.2, 0.25) is 0 Å². The zero-order valence-corrected chi connectivity index (χ0v) is 46.7. The van der Waals surface area contributed by atoms with Crippen LogP contribution < -0.4 is 16.4 Å². The highest BCUT2D eigenvalue weighted by atomic mass is 15.1. The number of benzene rings is 11. The van der Waals surface area contributed by atoms with Crippen LogP contribution in [0, 0.1) is 27.7 Å². The lowest BCUT2D eigenvalue weighted by molar-refractivity contribution is 0.637. The summed E-state index contributed by atoms with van der Waals surface area (Å²) in [6.07, 6.45) is 0. The van der Waals surface area contributed by atoms with Gasteiger partial charge in [0.25, 0.3) is 6.71 Å². The summed E-state index contributed by atoms with van der Waals surface area (Å²) in [4.78, 5) is 0. The van der Waals surface area contributed by atoms with Gasteiger partial charge < -0.3 is 9.13 Å². The Balaban J connectivity index is 1.13. The lowest BCUT2D eigenvalue weighted by Crippen LogP contribution is -2.60. The van der Waals surface area contributed by atoms with E-state index >= 15 is 0 Å². The molecule has 11 aromatic carbocycles. The smallest absolute Gasteiger partial charge is 0.252 e. The van der Waals surface area contributed by atoms with Crippen molar-refractivity contribution in [2.24, 2.45) is 0 Å². The monoisotopic (exact) mass is 1020 g/mol. The first-order valence-corrected chi connectivity index (χ1v) is 28.8. The minimum Gasteiger partial charge on any atom is -0.310 e. The second-order valence-corrected chi connectivity index (χ2v) is 25.1. The molecule has 1 spiro atoms. The molecule has 0 N–H and O–H groups in total. The second kappa shape index (κ2) is 15.7. The maximum atomic E-state index is 2.80. The first kappa shape index (κ1) is 46.0. The van der Waals surface area contributed by atoms with E-state index in [4.69, 9.17) is 0 Å². The summed E-state index contributed by atoms with van der Waals surface area (Å²) >= 11 is 0. The molecule has 0 bridgehead atoms. The van der Waals surface area contributed by atoms with Crippen molar-refractivity contribution in [1.29, 1.82) is 0 Å². The molecule has 380 valence electrons. The van der Waals surface area contributed by atoms with Crippen LogP contribution in [0.2, 0.25) is 0 Å². The highest BCUT2D eigenvalue weighted by Gasteiger charge is 2.55. The molecule has 5 heterocycles. The molecule has 0 saturated heterocycles. The van der Waals surface area contributed by atoms with Crippen molar-refractivity contribution >= 4 is 66.6 Å². The summed E-state index contributed by atoms with van der Waals surface area (Å²) in [7, 11) is 0. The maximum Gasteiger partial charge on any atom is 0.252 e. The maximum absolute atomic E-state index is 2.80. The molecule has 80 heavy (non-hydrogen) atoms. The molecule has 0 fully saturated rings. The van der Waals surface area contributed by atoms with Crippen LogP contribution in [0.5, 0.6) is 0 Å². The minimum absolute atomic E-state index is 0.0915. The normalized spacial score (nSPS) is 14.1. The number of aryl methyl sites for hydroxylation is 4. The van der Waals surface area contributed by atoms with Crippen molar-refractivity contribution in [2.75, 3.05) is 0 Å². The van der Waals surface area contributed by atoms with E-state index in [9.17, 15) is 0 Å². The Morgan fingerprint density at radius 3 is 1.55 bits per heavy atom. The van der Waals surface area contributed by atoms with Crippen molar-refractivity contribution in [2.45, 2.75) is 71.6 Å². The van der Waals surface area contributed by atoms with Crippen LogP contribution in [-0.4, -0.2) is 15.8 Å². The van der Waals surface area contributed by atoms with Crippen molar-refractivity contribution in [3.05, 3.63) is 279 Å². The third-order valence-electron chi connectivity index (χ3n) is 19.9. The molecule has 0 atom stereocenters. The van der Waals surface area contributed by atoms with Crippen LogP contribution >= 0.6 is 0 Å². The summed E-state index contributed by atoms with van der Waals surface area (Å²) in [5.74, 6) is 0. The van der Waals surface area contributed by atoms with Crippen molar-refractivity contribution in [3.8, 4) is 44.9 Å². The van der Waals surface area contributed by atoms with Gasteiger partial charge in [0.1, 0.15) is 0 Å². The molecular weight excluding hydrogens is 964 g/mol. The molecule has 0 unspecified atom stereocenters. The van der Waals surface area contributed by atoms with Gasteiger partial charge in [-0.1, -0.05) is 244 Å². The molecule has 0 radical (unpaired) electrons. The molecule has 0 saturated carbocycles. The lowest BCUT2D eigenvalue weighted by Gasteiger charge is -2.44. The van der Waals surface area contributed by atoms with Gasteiger partial charge in [-0.25, -0.2) is 0 Å². The van der Waals surface area contributed by atoms with E-state index in [0.29, 0.717) is 0 Å². The number of fused-ring (bicyclic) bond motifs is 13. The first-order valence-electron chi connectivity index (χ1n) is 28.8. The Bertz CT molecular complexity index is 4840. The molecule has 13 aromatic rings. The van der Waals surface area contributed by atoms with E-state index in [1.807, 2.05) is 0 Å². The fourth-order valence-corrected chi connectivity index (χ4v) is 15.8. The van der Waals surface area contributed by atoms with Crippen LogP contribution in [0.4, 0.5) is 0 Å². The minimum atomic E-state index is -0.644. The van der Waals surface area contributed by atoms with Gasteiger partial charge in [0.15, 0.2) is 0 Å². The summed E-state index contributed by atoms with van der Waals surface area (Å²) in [5, 5.41) is 6.52. The van der Waals surface area contributed by atoms with Gasteiger partial charge in [-0.05, 0) is 140 Å². The van der Waals surface area contributed by atoms with Crippen LogP contribution in [0.15, 0.2) is 212 Å². The third-order valence-corrected chi connectivity index (χ3v) is 19.9. The predicted octanol–water partition coefficient (Wildman–Crippen LogP) is 16.9. The summed E-state index contributed by atoms with van der Waals surface area (Å²) < 4.78 is 5.52. The Morgan fingerprint density at radius 1 is 0.388 bits per heavy atom. The molecule has 3 aliphatic heterocycles. The van der Waals surface area contributed by atoms with E-state index in [1.54, 1.807) is 0 Å². The van der Waals surface area contributed by atoms with Crippen LogP contribution in [0.25, 0.3) is 88.4 Å². The van der Waals surface area contributed by atoms with E-state index in [1.165, 1.54) is 172 Å². The molecule has 2 nitrogen and oxygen atoms in total. The topological polar surface area (TPSA) is 9.86 Å². The Kier molecular flexibility index (Phi) is 9.02. The highest BCUT2D eigenvalue weighted by Crippen LogP contribution is 2.63. The Morgan fingerprint density at radius 2 is 0.925 bits per heavy atom. The number of hydrogen-bond acceptors (Lipinski definition) is 0. The fourth-order valence-electron chi connectivity index (χ4n) is 15.8. The van der Waals surface area contributed by atoms with Gasteiger partial charge in [-0.2, -0.15) is 0 Å². The molecule has 17 rings (SSSR count). The molecule has 3 heteroatoms. The van der Waals surface area contributed by atoms with Gasteiger partial charge in [-0.3, -0.25) is 0 Å². The number of rotatable bonds is 6. The zero-order valence-electron chi connectivity index (χ0n) is 46.7. The van der Waals surface area contributed by atoms with Crippen LogP contribution in [0.3, 0.4) is 0 Å².